The van der Waals surface area contributed by atoms with Gasteiger partial charge < -0.3 is 15.2 Å². The number of nitrogens with two attached hydrogens (primary N) is 1. The Kier molecular flexibility index (Phi) is 5.15. The lowest BCUT2D eigenvalue weighted by Crippen LogP contribution is -2.19. The number of halogens is 1. The molecule has 0 heterocycles. The lowest BCUT2D eigenvalue weighted by molar-refractivity contribution is -0.150. The lowest BCUT2D eigenvalue weighted by atomic mass is 10.2. The van der Waals surface area contributed by atoms with Crippen molar-refractivity contribution in [1.29, 1.82) is 0 Å². The average molecular weight is 316 g/mol. The molecule has 2 N–H and O–H groups in total. The van der Waals surface area contributed by atoms with Crippen LogP contribution < -0.4 is 5.73 Å². The van der Waals surface area contributed by atoms with Crippen molar-refractivity contribution in [3.8, 4) is 0 Å². The van der Waals surface area contributed by atoms with Crippen LogP contribution in [-0.2, 0) is 14.3 Å². The van der Waals surface area contributed by atoms with Crippen molar-refractivity contribution in [1.82, 2.24) is 0 Å². The highest BCUT2D eigenvalue weighted by molar-refractivity contribution is 9.10. The third-order valence-electron chi connectivity index (χ3n) is 1.90. The first-order valence-electron chi connectivity index (χ1n) is 5.31. The molecule has 0 unspecified atom stereocenters. The van der Waals surface area contributed by atoms with E-state index < -0.39 is 18.5 Å². The number of benzene rings is 1. The van der Waals surface area contributed by atoms with Gasteiger partial charge in [-0.3, -0.25) is 0 Å². The summed E-state index contributed by atoms with van der Waals surface area (Å²) in [6, 6.07) is 4.76. The minimum atomic E-state index is -0.630. The summed E-state index contributed by atoms with van der Waals surface area (Å²) < 4.78 is 10.2. The molecule has 0 aliphatic heterocycles. The van der Waals surface area contributed by atoms with Gasteiger partial charge in [-0.1, -0.05) is 0 Å². The minimum Gasteiger partial charge on any atom is -0.460 e. The molecule has 0 radical (unpaired) electrons. The zero-order valence-corrected chi connectivity index (χ0v) is 11.7. The maximum atomic E-state index is 11.7. The smallest absolute Gasteiger partial charge is 0.344 e. The topological polar surface area (TPSA) is 78.6 Å². The van der Waals surface area contributed by atoms with E-state index in [0.717, 1.165) is 0 Å². The Labute approximate surface area is 113 Å². The van der Waals surface area contributed by atoms with Crippen LogP contribution in [0.3, 0.4) is 0 Å². The lowest BCUT2D eigenvalue weighted by Gasteiger charge is -2.09. The maximum absolute atomic E-state index is 11.7. The van der Waals surface area contributed by atoms with Gasteiger partial charge in [0.05, 0.1) is 11.7 Å². The van der Waals surface area contributed by atoms with Crippen LogP contribution in [0.15, 0.2) is 22.7 Å². The minimum absolute atomic E-state index is 0.240. The van der Waals surface area contributed by atoms with Crippen LogP contribution in [0.4, 0.5) is 5.69 Å². The molecule has 0 bridgehead atoms. The summed E-state index contributed by atoms with van der Waals surface area (Å²) in [6.07, 6.45) is -0.240. The second-order valence-corrected chi connectivity index (χ2v) is 4.71. The van der Waals surface area contributed by atoms with Gasteiger partial charge >= 0.3 is 11.9 Å². The molecule has 0 amide bonds. The second kappa shape index (κ2) is 6.39. The van der Waals surface area contributed by atoms with E-state index in [1.54, 1.807) is 26.0 Å². The Balaban J connectivity index is 2.60. The maximum Gasteiger partial charge on any atom is 0.344 e. The van der Waals surface area contributed by atoms with Crippen molar-refractivity contribution in [2.75, 3.05) is 12.3 Å². The van der Waals surface area contributed by atoms with E-state index in [2.05, 4.69) is 15.9 Å². The van der Waals surface area contributed by atoms with Crippen molar-refractivity contribution in [2.45, 2.75) is 20.0 Å². The Morgan fingerprint density at radius 3 is 2.67 bits per heavy atom. The van der Waals surface area contributed by atoms with E-state index in [-0.39, 0.29) is 11.7 Å². The van der Waals surface area contributed by atoms with Crippen molar-refractivity contribution < 1.29 is 19.1 Å². The van der Waals surface area contributed by atoms with Crippen molar-refractivity contribution in [2.24, 2.45) is 0 Å². The van der Waals surface area contributed by atoms with Gasteiger partial charge in [-0.15, -0.1) is 0 Å². The van der Waals surface area contributed by atoms with Crippen LogP contribution in [0, 0.1) is 0 Å². The number of nitrogen functional groups attached to an aromatic ring is 1. The van der Waals surface area contributed by atoms with Crippen LogP contribution in [0.25, 0.3) is 0 Å². The summed E-state index contributed by atoms with van der Waals surface area (Å²) in [5, 5.41) is 0. The molecule has 1 rings (SSSR count). The predicted octanol–water partition coefficient (Wildman–Crippen LogP) is 2.14. The van der Waals surface area contributed by atoms with Gasteiger partial charge in [-0.05, 0) is 48.0 Å². The van der Waals surface area contributed by atoms with Crippen LogP contribution in [0.1, 0.15) is 24.2 Å². The van der Waals surface area contributed by atoms with Crippen LogP contribution in [-0.4, -0.2) is 24.6 Å². The average Bonchev–Trinajstić information content (AvgIpc) is 2.28. The van der Waals surface area contributed by atoms with Gasteiger partial charge in [-0.25, -0.2) is 9.59 Å². The molecule has 0 atom stereocenters. The largest absolute Gasteiger partial charge is 0.460 e. The molecule has 0 fully saturated rings. The molecule has 1 aromatic carbocycles. The zero-order chi connectivity index (χ0) is 13.7. The Morgan fingerprint density at radius 2 is 2.06 bits per heavy atom. The van der Waals surface area contributed by atoms with Crippen LogP contribution in [0.2, 0.25) is 0 Å². The van der Waals surface area contributed by atoms with Gasteiger partial charge in [0.1, 0.15) is 0 Å². The molecule has 0 spiro atoms. The van der Waals surface area contributed by atoms with E-state index >= 15 is 0 Å². The predicted molar refractivity (Wildman–Crippen MR) is 70.1 cm³/mol. The highest BCUT2D eigenvalue weighted by Gasteiger charge is 2.14. The van der Waals surface area contributed by atoms with Gasteiger partial charge in [0.15, 0.2) is 6.61 Å². The molecule has 6 heteroatoms. The fraction of sp³-hybridized carbons (Fsp3) is 0.333. The second-order valence-electron chi connectivity index (χ2n) is 3.85. The molecular formula is C12H14BrNO4. The number of hydrogen-bond donors (Lipinski definition) is 1. The third kappa shape index (κ3) is 4.37. The van der Waals surface area contributed by atoms with E-state index in [4.69, 9.17) is 15.2 Å². The highest BCUT2D eigenvalue weighted by atomic mass is 79.9. The number of anilines is 1. The molecule has 98 valence electrons. The van der Waals surface area contributed by atoms with E-state index in [1.165, 1.54) is 6.07 Å². The molecule has 0 aromatic heterocycles. The summed E-state index contributed by atoms with van der Waals surface area (Å²) in [7, 11) is 0. The molecule has 0 saturated carbocycles. The fourth-order valence-electron chi connectivity index (χ4n) is 1.20. The summed E-state index contributed by atoms with van der Waals surface area (Å²) in [4.78, 5) is 22.9. The first-order valence-corrected chi connectivity index (χ1v) is 6.11. The summed E-state index contributed by atoms with van der Waals surface area (Å²) in [6.45, 7) is 3.01. The zero-order valence-electron chi connectivity index (χ0n) is 10.1. The Bertz CT molecular complexity index is 459. The number of ether oxygens (including phenoxy) is 2. The number of carbonyl (C=O) groups is 2. The van der Waals surface area contributed by atoms with Crippen LogP contribution >= 0.6 is 15.9 Å². The highest BCUT2D eigenvalue weighted by Crippen LogP contribution is 2.20. The molecule has 5 nitrogen and oxygen atoms in total. The summed E-state index contributed by atoms with van der Waals surface area (Å²) in [5.41, 5.74) is 6.28. The monoisotopic (exact) mass is 315 g/mol. The van der Waals surface area contributed by atoms with Gasteiger partial charge in [-0.2, -0.15) is 0 Å². The van der Waals surface area contributed by atoms with Crippen molar-refractivity contribution in [3.05, 3.63) is 28.2 Å². The Morgan fingerprint density at radius 1 is 1.39 bits per heavy atom. The van der Waals surface area contributed by atoms with Gasteiger partial charge in [0, 0.05) is 10.2 Å². The van der Waals surface area contributed by atoms with Gasteiger partial charge in [0.25, 0.3) is 0 Å². The Hall–Kier alpha value is -1.56. The van der Waals surface area contributed by atoms with Crippen molar-refractivity contribution >= 4 is 33.6 Å². The molecular weight excluding hydrogens is 302 g/mol. The van der Waals surface area contributed by atoms with E-state index in [9.17, 15) is 9.59 Å². The van der Waals surface area contributed by atoms with E-state index in [1.807, 2.05) is 0 Å². The normalized spacial score (nSPS) is 10.2. The molecule has 0 saturated heterocycles. The molecule has 1 aromatic rings. The number of carbonyl (C=O) groups excluding carboxylic acids is 2. The summed E-state index contributed by atoms with van der Waals surface area (Å²) >= 11 is 3.21. The number of hydrogen-bond acceptors (Lipinski definition) is 5. The number of esters is 2. The first-order chi connectivity index (χ1) is 8.40. The number of rotatable bonds is 4. The molecule has 0 aliphatic carbocycles. The molecule has 0 aliphatic rings. The first kappa shape index (κ1) is 14.5. The van der Waals surface area contributed by atoms with Crippen molar-refractivity contribution in [3.63, 3.8) is 0 Å². The standard InChI is InChI=1S/C12H14BrNO4/c1-7(2)18-11(15)6-17-12(16)9-5-8(14)3-4-10(9)13/h3-5,7H,6,14H2,1-2H3. The third-order valence-corrected chi connectivity index (χ3v) is 2.59. The fourth-order valence-corrected chi connectivity index (χ4v) is 1.61. The quantitative estimate of drug-likeness (QED) is 0.680. The summed E-state index contributed by atoms with van der Waals surface area (Å²) in [5.74, 6) is -1.21. The van der Waals surface area contributed by atoms with E-state index in [0.29, 0.717) is 10.2 Å². The van der Waals surface area contributed by atoms with Gasteiger partial charge in [0.2, 0.25) is 0 Å². The molecule has 18 heavy (non-hydrogen) atoms. The SMILES string of the molecule is CC(C)OC(=O)COC(=O)c1cc(N)ccc1Br. The van der Waals surface area contributed by atoms with Crippen LogP contribution in [0.5, 0.6) is 0 Å².